The van der Waals surface area contributed by atoms with Crippen molar-refractivity contribution in [1.82, 2.24) is 4.57 Å². The highest BCUT2D eigenvalue weighted by molar-refractivity contribution is 7.07. The number of anilines is 1. The van der Waals surface area contributed by atoms with E-state index in [9.17, 15) is 9.59 Å². The second-order valence-corrected chi connectivity index (χ2v) is 10.4. The quantitative estimate of drug-likeness (QED) is 0.303. The van der Waals surface area contributed by atoms with E-state index in [-0.39, 0.29) is 12.2 Å². The summed E-state index contributed by atoms with van der Waals surface area (Å²) in [7, 11) is 3.97. The molecule has 0 radical (unpaired) electrons. The fourth-order valence-corrected chi connectivity index (χ4v) is 5.69. The van der Waals surface area contributed by atoms with Gasteiger partial charge >= 0.3 is 5.97 Å². The van der Waals surface area contributed by atoms with Crippen molar-refractivity contribution in [2.24, 2.45) is 4.99 Å². The highest BCUT2D eigenvalue weighted by atomic mass is 32.1. The van der Waals surface area contributed by atoms with Crippen LogP contribution in [0.5, 0.6) is 5.75 Å². The van der Waals surface area contributed by atoms with Gasteiger partial charge < -0.3 is 14.4 Å². The van der Waals surface area contributed by atoms with Gasteiger partial charge in [0.1, 0.15) is 5.75 Å². The Hall–Kier alpha value is -4.43. The minimum Gasteiger partial charge on any atom is -0.494 e. The van der Waals surface area contributed by atoms with Crippen LogP contribution in [0.2, 0.25) is 0 Å². The van der Waals surface area contributed by atoms with Gasteiger partial charge in [0.2, 0.25) is 0 Å². The molecule has 2 heterocycles. The van der Waals surface area contributed by atoms with Gasteiger partial charge in [-0.1, -0.05) is 65.9 Å². The van der Waals surface area contributed by atoms with Crippen molar-refractivity contribution in [2.45, 2.75) is 19.9 Å². The molecule has 1 unspecified atom stereocenters. The number of aromatic nitrogens is 1. The Bertz CT molecular complexity index is 1720. The van der Waals surface area contributed by atoms with Crippen LogP contribution in [0, 0.1) is 0 Å². The van der Waals surface area contributed by atoms with Crippen LogP contribution in [0.1, 0.15) is 36.6 Å². The average Bonchev–Trinajstić information content (AvgIpc) is 3.28. The van der Waals surface area contributed by atoms with E-state index in [1.165, 1.54) is 11.3 Å². The maximum Gasteiger partial charge on any atom is 0.338 e. The van der Waals surface area contributed by atoms with Gasteiger partial charge in [0, 0.05) is 25.3 Å². The lowest BCUT2D eigenvalue weighted by molar-refractivity contribution is -0.138. The lowest BCUT2D eigenvalue weighted by Crippen LogP contribution is -2.40. The molecular formula is C32H31N3O4S. The van der Waals surface area contributed by atoms with Crippen LogP contribution in [0.25, 0.3) is 11.8 Å². The summed E-state index contributed by atoms with van der Waals surface area (Å²) in [4.78, 5) is 35.0. The summed E-state index contributed by atoms with van der Waals surface area (Å²) >= 11 is 1.31. The van der Waals surface area contributed by atoms with Crippen molar-refractivity contribution >= 4 is 34.8 Å². The third-order valence-corrected chi connectivity index (χ3v) is 7.57. The maximum atomic E-state index is 14.0. The number of rotatable bonds is 8. The van der Waals surface area contributed by atoms with Gasteiger partial charge in [0.15, 0.2) is 4.80 Å². The number of fused-ring (bicyclic) bond motifs is 1. The Kier molecular flexibility index (Phi) is 7.98. The summed E-state index contributed by atoms with van der Waals surface area (Å²) < 4.78 is 13.3. The number of nitrogens with zero attached hydrogens (tertiary/aromatic N) is 3. The van der Waals surface area contributed by atoms with Crippen molar-refractivity contribution in [3.8, 4) is 5.75 Å². The fraction of sp³-hybridized carbons (Fsp3) is 0.219. The Labute approximate surface area is 237 Å². The fourth-order valence-electron chi connectivity index (χ4n) is 4.69. The Morgan fingerprint density at radius 3 is 2.30 bits per heavy atom. The Morgan fingerprint density at radius 2 is 1.68 bits per heavy atom. The molecule has 4 aromatic rings. The van der Waals surface area contributed by atoms with E-state index >= 15 is 0 Å². The van der Waals surface area contributed by atoms with E-state index in [1.807, 2.05) is 111 Å². The molecule has 8 heteroatoms. The van der Waals surface area contributed by atoms with E-state index in [2.05, 4.69) is 0 Å². The molecule has 40 heavy (non-hydrogen) atoms. The summed E-state index contributed by atoms with van der Waals surface area (Å²) in [6.07, 6.45) is 1.87. The summed E-state index contributed by atoms with van der Waals surface area (Å²) in [6, 6.07) is 24.3. The zero-order valence-electron chi connectivity index (χ0n) is 23.0. The van der Waals surface area contributed by atoms with E-state index in [1.54, 1.807) is 11.5 Å². The number of benzene rings is 3. The molecule has 0 aliphatic carbocycles. The molecule has 0 saturated heterocycles. The zero-order chi connectivity index (χ0) is 28.2. The summed E-state index contributed by atoms with van der Waals surface area (Å²) in [5.41, 5.74) is 4.12. The van der Waals surface area contributed by atoms with Crippen molar-refractivity contribution in [3.05, 3.63) is 121 Å². The van der Waals surface area contributed by atoms with Gasteiger partial charge in [-0.3, -0.25) is 9.36 Å². The number of carbonyl (C=O) groups is 1. The molecular weight excluding hydrogens is 522 g/mol. The summed E-state index contributed by atoms with van der Waals surface area (Å²) in [6.45, 7) is 4.43. The average molecular weight is 554 g/mol. The van der Waals surface area contributed by atoms with Crippen LogP contribution >= 0.6 is 11.3 Å². The van der Waals surface area contributed by atoms with E-state index < -0.39 is 12.0 Å². The topological polar surface area (TPSA) is 73.1 Å². The minimum absolute atomic E-state index is 0.202. The highest BCUT2D eigenvalue weighted by Gasteiger charge is 2.35. The van der Waals surface area contributed by atoms with Crippen LogP contribution in [0.15, 0.2) is 94.2 Å². The lowest BCUT2D eigenvalue weighted by atomic mass is 9.93. The predicted octanol–water partition coefficient (Wildman–Crippen LogP) is 4.40. The van der Waals surface area contributed by atoms with E-state index in [4.69, 9.17) is 14.5 Å². The molecule has 0 amide bonds. The Morgan fingerprint density at radius 1 is 0.975 bits per heavy atom. The van der Waals surface area contributed by atoms with Gasteiger partial charge in [-0.15, -0.1) is 0 Å². The molecule has 204 valence electrons. The third kappa shape index (κ3) is 5.35. The number of thiazole rings is 1. The highest BCUT2D eigenvalue weighted by Crippen LogP contribution is 2.35. The third-order valence-electron chi connectivity index (χ3n) is 6.59. The van der Waals surface area contributed by atoms with Gasteiger partial charge in [-0.2, -0.15) is 0 Å². The summed E-state index contributed by atoms with van der Waals surface area (Å²) in [5, 5.41) is 0. The number of ether oxygens (including phenoxy) is 2. The van der Waals surface area contributed by atoms with Crippen LogP contribution in [-0.2, 0) is 9.53 Å². The second-order valence-electron chi connectivity index (χ2n) is 9.42. The molecule has 1 atom stereocenters. The molecule has 3 aromatic carbocycles. The first kappa shape index (κ1) is 27.1. The summed E-state index contributed by atoms with van der Waals surface area (Å²) in [5.74, 6) is 0.210. The largest absolute Gasteiger partial charge is 0.494 e. The maximum absolute atomic E-state index is 14.0. The van der Waals surface area contributed by atoms with Crippen molar-refractivity contribution in [1.29, 1.82) is 0 Å². The minimum atomic E-state index is -0.723. The SMILES string of the molecule is CCOC(=O)C1=C(c2ccccc2)N=c2sc(=Cc3ccc(N(C)C)cc3)c(=O)n2C1c1ccc(OCC)cc1. The number of esters is 1. The van der Waals surface area contributed by atoms with Crippen LogP contribution in [-0.4, -0.2) is 37.8 Å². The van der Waals surface area contributed by atoms with Gasteiger partial charge in [0.25, 0.3) is 5.56 Å². The number of hydrogen-bond acceptors (Lipinski definition) is 7. The molecule has 0 spiro atoms. The molecule has 0 bridgehead atoms. The molecule has 7 nitrogen and oxygen atoms in total. The first-order chi connectivity index (χ1) is 19.4. The van der Waals surface area contributed by atoms with Crippen LogP contribution in [0.4, 0.5) is 5.69 Å². The molecule has 5 rings (SSSR count). The van der Waals surface area contributed by atoms with Gasteiger partial charge in [-0.05, 0) is 55.3 Å². The zero-order valence-corrected chi connectivity index (χ0v) is 23.8. The normalized spacial score (nSPS) is 14.9. The molecule has 0 fully saturated rings. The lowest BCUT2D eigenvalue weighted by Gasteiger charge is -2.26. The van der Waals surface area contributed by atoms with E-state index in [0.717, 1.165) is 22.4 Å². The predicted molar refractivity (Wildman–Crippen MR) is 159 cm³/mol. The van der Waals surface area contributed by atoms with Crippen molar-refractivity contribution in [3.63, 3.8) is 0 Å². The van der Waals surface area contributed by atoms with Crippen LogP contribution < -0.4 is 24.5 Å². The first-order valence-electron chi connectivity index (χ1n) is 13.2. The monoisotopic (exact) mass is 553 g/mol. The number of carbonyl (C=O) groups excluding carboxylic acids is 1. The molecule has 1 aliphatic heterocycles. The van der Waals surface area contributed by atoms with Crippen LogP contribution in [0.3, 0.4) is 0 Å². The second kappa shape index (κ2) is 11.8. The van der Waals surface area contributed by atoms with Gasteiger partial charge in [0.05, 0.1) is 35.1 Å². The van der Waals surface area contributed by atoms with Crippen molar-refractivity contribution in [2.75, 3.05) is 32.2 Å². The Balaban J connectivity index is 1.76. The number of hydrogen-bond donors (Lipinski definition) is 0. The standard InChI is InChI=1S/C32H31N3O4S/c1-5-38-25-18-14-23(15-19-25)29-27(31(37)39-6-2)28(22-10-8-7-9-11-22)33-32-35(29)30(36)26(40-32)20-21-12-16-24(17-13-21)34(3)4/h7-20,29H,5-6H2,1-4H3. The first-order valence-corrected chi connectivity index (χ1v) is 14.0. The molecule has 0 N–H and O–H groups in total. The smallest absolute Gasteiger partial charge is 0.338 e. The van der Waals surface area contributed by atoms with E-state index in [0.29, 0.717) is 33.0 Å². The molecule has 0 saturated carbocycles. The molecule has 1 aliphatic rings. The van der Waals surface area contributed by atoms with Crippen molar-refractivity contribution < 1.29 is 14.3 Å². The van der Waals surface area contributed by atoms with Gasteiger partial charge in [-0.25, -0.2) is 9.79 Å². The molecule has 1 aromatic heterocycles.